The van der Waals surface area contributed by atoms with Crippen molar-refractivity contribution in [1.82, 2.24) is 4.98 Å². The number of nitrogens with one attached hydrogen (secondary N) is 1. The monoisotopic (exact) mass is 386 g/mol. The average Bonchev–Trinajstić information content (AvgIpc) is 3.11. The van der Waals surface area contributed by atoms with Gasteiger partial charge in [-0.1, -0.05) is 24.3 Å². The Labute approximate surface area is 169 Å². The zero-order valence-electron chi connectivity index (χ0n) is 16.6. The summed E-state index contributed by atoms with van der Waals surface area (Å²) in [5, 5.41) is 2.90. The summed E-state index contributed by atoms with van der Waals surface area (Å²) < 4.78 is 11.6. The van der Waals surface area contributed by atoms with Gasteiger partial charge in [-0.15, -0.1) is 0 Å². The zero-order valence-corrected chi connectivity index (χ0v) is 16.6. The highest BCUT2D eigenvalue weighted by atomic mass is 16.5. The summed E-state index contributed by atoms with van der Waals surface area (Å²) >= 11 is 0. The number of nitrogens with zero attached hydrogens (tertiary/aromatic N) is 1. The number of aromatic nitrogens is 1. The SMILES string of the molecule is Cc1cc(C)cc(O[C@@H](C)C(=O)Nc2cccc(-c3nc4ccccc4o3)c2)c1. The van der Waals surface area contributed by atoms with Gasteiger partial charge in [0.05, 0.1) is 0 Å². The minimum Gasteiger partial charge on any atom is -0.481 e. The van der Waals surface area contributed by atoms with Crippen molar-refractivity contribution >= 4 is 22.7 Å². The van der Waals surface area contributed by atoms with Crippen molar-refractivity contribution < 1.29 is 13.9 Å². The van der Waals surface area contributed by atoms with Gasteiger partial charge in [-0.25, -0.2) is 4.98 Å². The van der Waals surface area contributed by atoms with Crippen LogP contribution in [0.4, 0.5) is 5.69 Å². The molecule has 4 aromatic rings. The van der Waals surface area contributed by atoms with Gasteiger partial charge >= 0.3 is 0 Å². The van der Waals surface area contributed by atoms with E-state index in [1.54, 1.807) is 6.92 Å². The molecule has 0 saturated carbocycles. The quantitative estimate of drug-likeness (QED) is 0.491. The van der Waals surface area contributed by atoms with Gasteiger partial charge in [0.1, 0.15) is 11.3 Å². The summed E-state index contributed by atoms with van der Waals surface area (Å²) in [6.45, 7) is 5.74. The Bertz CT molecular complexity index is 1130. The molecule has 4 rings (SSSR count). The number of para-hydroxylation sites is 2. The van der Waals surface area contributed by atoms with Crippen LogP contribution in [-0.2, 0) is 4.79 Å². The van der Waals surface area contributed by atoms with E-state index in [2.05, 4.69) is 16.4 Å². The van der Waals surface area contributed by atoms with E-state index in [4.69, 9.17) is 9.15 Å². The van der Waals surface area contributed by atoms with Crippen LogP contribution in [0.15, 0.2) is 71.1 Å². The predicted octanol–water partition coefficient (Wildman–Crippen LogP) is 5.52. The standard InChI is InChI=1S/C24H22N2O3/c1-15-11-16(2)13-20(12-15)28-17(3)23(27)25-19-8-6-7-18(14-19)24-26-21-9-4-5-10-22(21)29-24/h4-14,17H,1-3H3,(H,25,27)/t17-/m0/s1. The van der Waals surface area contributed by atoms with Crippen molar-refractivity contribution in [1.29, 1.82) is 0 Å². The van der Waals surface area contributed by atoms with Crippen LogP contribution in [0.5, 0.6) is 5.75 Å². The molecular weight excluding hydrogens is 364 g/mol. The fourth-order valence-corrected chi connectivity index (χ4v) is 3.23. The van der Waals surface area contributed by atoms with Crippen molar-refractivity contribution in [2.75, 3.05) is 5.32 Å². The number of carbonyl (C=O) groups is 1. The molecule has 0 unspecified atom stereocenters. The van der Waals surface area contributed by atoms with Crippen molar-refractivity contribution in [2.24, 2.45) is 0 Å². The molecule has 0 spiro atoms. The van der Waals surface area contributed by atoms with Crippen LogP contribution in [0.1, 0.15) is 18.1 Å². The summed E-state index contributed by atoms with van der Waals surface area (Å²) in [5.74, 6) is 0.978. The maximum atomic E-state index is 12.6. The molecule has 0 aliphatic carbocycles. The molecule has 1 atom stereocenters. The number of hydrogen-bond donors (Lipinski definition) is 1. The van der Waals surface area contributed by atoms with E-state index >= 15 is 0 Å². The minimum atomic E-state index is -0.635. The number of benzene rings is 3. The van der Waals surface area contributed by atoms with Crippen LogP contribution >= 0.6 is 0 Å². The number of oxazole rings is 1. The Morgan fingerprint density at radius 3 is 2.52 bits per heavy atom. The third kappa shape index (κ3) is 4.29. The van der Waals surface area contributed by atoms with Crippen molar-refractivity contribution in [3.05, 3.63) is 77.9 Å². The highest BCUT2D eigenvalue weighted by Crippen LogP contribution is 2.26. The smallest absolute Gasteiger partial charge is 0.265 e. The first-order valence-electron chi connectivity index (χ1n) is 9.50. The maximum Gasteiger partial charge on any atom is 0.265 e. The zero-order chi connectivity index (χ0) is 20.4. The van der Waals surface area contributed by atoms with E-state index in [0.29, 0.717) is 17.3 Å². The fourth-order valence-electron chi connectivity index (χ4n) is 3.23. The Kier molecular flexibility index (Phi) is 5.04. The van der Waals surface area contributed by atoms with Crippen LogP contribution in [-0.4, -0.2) is 17.0 Å². The van der Waals surface area contributed by atoms with Crippen LogP contribution in [0.2, 0.25) is 0 Å². The molecular formula is C24H22N2O3. The van der Waals surface area contributed by atoms with Crippen molar-refractivity contribution in [3.8, 4) is 17.2 Å². The summed E-state index contributed by atoms with van der Waals surface area (Å²) in [4.78, 5) is 17.1. The lowest BCUT2D eigenvalue weighted by atomic mass is 10.1. The van der Waals surface area contributed by atoms with Crippen LogP contribution < -0.4 is 10.1 Å². The van der Waals surface area contributed by atoms with Crippen molar-refractivity contribution in [3.63, 3.8) is 0 Å². The van der Waals surface area contributed by atoms with Gasteiger partial charge in [0.25, 0.3) is 5.91 Å². The first-order valence-corrected chi connectivity index (χ1v) is 9.50. The molecule has 0 aliphatic rings. The normalized spacial score (nSPS) is 12.0. The molecule has 3 aromatic carbocycles. The number of fused-ring (bicyclic) bond motifs is 1. The average molecular weight is 386 g/mol. The Balaban J connectivity index is 1.49. The Morgan fingerprint density at radius 2 is 1.76 bits per heavy atom. The van der Waals surface area contributed by atoms with Gasteiger partial charge in [0.2, 0.25) is 5.89 Å². The number of aryl methyl sites for hydroxylation is 2. The molecule has 0 bridgehead atoms. The summed E-state index contributed by atoms with van der Waals surface area (Å²) in [6, 6.07) is 20.9. The Morgan fingerprint density at radius 1 is 1.00 bits per heavy atom. The van der Waals surface area contributed by atoms with E-state index in [9.17, 15) is 4.79 Å². The lowest BCUT2D eigenvalue weighted by Gasteiger charge is -2.16. The van der Waals surface area contributed by atoms with E-state index in [-0.39, 0.29) is 5.91 Å². The van der Waals surface area contributed by atoms with Gasteiger partial charge < -0.3 is 14.5 Å². The number of hydrogen-bond acceptors (Lipinski definition) is 4. The third-order valence-electron chi connectivity index (χ3n) is 4.55. The molecule has 0 fully saturated rings. The number of carbonyl (C=O) groups excluding carboxylic acids is 1. The van der Waals surface area contributed by atoms with E-state index < -0.39 is 6.10 Å². The molecule has 0 aliphatic heterocycles. The van der Waals surface area contributed by atoms with Crippen LogP contribution in [0.25, 0.3) is 22.6 Å². The van der Waals surface area contributed by atoms with Gasteiger partial charge in [-0.05, 0) is 74.4 Å². The topological polar surface area (TPSA) is 64.4 Å². The minimum absolute atomic E-state index is 0.223. The second-order valence-electron chi connectivity index (χ2n) is 7.14. The Hall–Kier alpha value is -3.60. The van der Waals surface area contributed by atoms with Gasteiger partial charge in [-0.2, -0.15) is 0 Å². The third-order valence-corrected chi connectivity index (χ3v) is 4.55. The van der Waals surface area contributed by atoms with Crippen LogP contribution in [0.3, 0.4) is 0 Å². The highest BCUT2D eigenvalue weighted by molar-refractivity contribution is 5.94. The largest absolute Gasteiger partial charge is 0.481 e. The van der Waals surface area contributed by atoms with Crippen molar-refractivity contribution in [2.45, 2.75) is 26.9 Å². The second-order valence-corrected chi connectivity index (χ2v) is 7.14. The first-order chi connectivity index (χ1) is 14.0. The molecule has 146 valence electrons. The number of amides is 1. The number of anilines is 1. The second kappa shape index (κ2) is 7.80. The van der Waals surface area contributed by atoms with Gasteiger partial charge in [0, 0.05) is 11.3 Å². The molecule has 0 saturated heterocycles. The molecule has 1 N–H and O–H groups in total. The van der Waals surface area contributed by atoms with E-state index in [0.717, 1.165) is 27.8 Å². The molecule has 5 nitrogen and oxygen atoms in total. The number of rotatable bonds is 5. The lowest BCUT2D eigenvalue weighted by Crippen LogP contribution is -2.30. The summed E-state index contributed by atoms with van der Waals surface area (Å²) in [5.41, 5.74) is 5.17. The van der Waals surface area contributed by atoms with E-state index in [1.165, 1.54) is 0 Å². The number of ether oxygens (including phenoxy) is 1. The molecule has 29 heavy (non-hydrogen) atoms. The predicted molar refractivity (Wildman–Crippen MR) is 114 cm³/mol. The molecule has 1 amide bonds. The molecule has 0 radical (unpaired) electrons. The van der Waals surface area contributed by atoms with Crippen LogP contribution in [0, 0.1) is 13.8 Å². The maximum absolute atomic E-state index is 12.6. The first kappa shape index (κ1) is 18.7. The van der Waals surface area contributed by atoms with Gasteiger partial charge in [-0.3, -0.25) is 4.79 Å². The van der Waals surface area contributed by atoms with Gasteiger partial charge in [0.15, 0.2) is 11.7 Å². The molecule has 5 heteroatoms. The lowest BCUT2D eigenvalue weighted by molar-refractivity contribution is -0.122. The highest BCUT2D eigenvalue weighted by Gasteiger charge is 2.16. The summed E-state index contributed by atoms with van der Waals surface area (Å²) in [6.07, 6.45) is -0.635. The van der Waals surface area contributed by atoms with E-state index in [1.807, 2.05) is 74.5 Å². The molecule has 1 aromatic heterocycles. The fraction of sp³-hybridized carbons (Fsp3) is 0.167. The summed E-state index contributed by atoms with van der Waals surface area (Å²) in [7, 11) is 0. The molecule has 1 heterocycles.